The second-order valence-corrected chi connectivity index (χ2v) is 4.48. The summed E-state index contributed by atoms with van der Waals surface area (Å²) in [5.41, 5.74) is 0. The predicted molar refractivity (Wildman–Crippen MR) is 61.4 cm³/mol. The number of carboxylic acid groups (broad SMARTS) is 1. The number of rotatable bonds is 3. The molecule has 2 unspecified atom stereocenters. The molecule has 6 nitrogen and oxygen atoms in total. The van der Waals surface area contributed by atoms with Gasteiger partial charge in [-0.05, 0) is 24.5 Å². The number of aliphatic hydroxyl groups excluding tert-OH is 1. The molecule has 0 radical (unpaired) electrons. The Labute approximate surface area is 104 Å². The van der Waals surface area contributed by atoms with Gasteiger partial charge in [0.15, 0.2) is 5.76 Å². The minimum Gasteiger partial charge on any atom is -0.475 e. The van der Waals surface area contributed by atoms with Gasteiger partial charge in [0.2, 0.25) is 5.76 Å². The van der Waals surface area contributed by atoms with Crippen LogP contribution in [0.15, 0.2) is 16.5 Å². The molecule has 0 aromatic carbocycles. The third kappa shape index (κ3) is 2.11. The quantitative estimate of drug-likeness (QED) is 0.832. The number of aliphatic hydroxyl groups is 1. The summed E-state index contributed by atoms with van der Waals surface area (Å²) < 4.78 is 4.97. The molecule has 1 fully saturated rings. The van der Waals surface area contributed by atoms with Crippen LogP contribution in [0, 0.1) is 5.92 Å². The van der Waals surface area contributed by atoms with Crippen LogP contribution in [0.25, 0.3) is 0 Å². The van der Waals surface area contributed by atoms with E-state index in [0.717, 1.165) is 6.42 Å². The van der Waals surface area contributed by atoms with E-state index >= 15 is 0 Å². The molecule has 2 rings (SSSR count). The van der Waals surface area contributed by atoms with Gasteiger partial charge in [-0.1, -0.05) is 6.92 Å². The van der Waals surface area contributed by atoms with Crippen molar-refractivity contribution >= 4 is 11.9 Å². The molecule has 2 atom stereocenters. The summed E-state index contributed by atoms with van der Waals surface area (Å²) in [6.07, 6.45) is 0.823. The fourth-order valence-corrected chi connectivity index (χ4v) is 2.25. The van der Waals surface area contributed by atoms with Crippen molar-refractivity contribution in [3.8, 4) is 0 Å². The second-order valence-electron chi connectivity index (χ2n) is 4.48. The van der Waals surface area contributed by atoms with Crippen molar-refractivity contribution in [1.29, 1.82) is 0 Å². The van der Waals surface area contributed by atoms with E-state index in [4.69, 9.17) is 9.52 Å². The normalized spacial score (nSPS) is 23.3. The van der Waals surface area contributed by atoms with Gasteiger partial charge in [-0.3, -0.25) is 4.79 Å². The van der Waals surface area contributed by atoms with E-state index in [2.05, 4.69) is 0 Å². The molecule has 2 N–H and O–H groups in total. The lowest BCUT2D eigenvalue weighted by Gasteiger charge is -2.24. The van der Waals surface area contributed by atoms with Crippen LogP contribution in [0.2, 0.25) is 0 Å². The molecule has 1 aliphatic heterocycles. The van der Waals surface area contributed by atoms with Crippen LogP contribution in [0.4, 0.5) is 0 Å². The van der Waals surface area contributed by atoms with Crippen molar-refractivity contribution in [3.63, 3.8) is 0 Å². The third-order valence-corrected chi connectivity index (χ3v) is 3.36. The number of nitrogens with zero attached hydrogens (tertiary/aromatic N) is 1. The van der Waals surface area contributed by atoms with E-state index in [-0.39, 0.29) is 36.0 Å². The number of carbonyl (C=O) groups excluding carboxylic acids is 1. The lowest BCUT2D eigenvalue weighted by atomic mass is 10.0. The Morgan fingerprint density at radius 1 is 1.44 bits per heavy atom. The maximum atomic E-state index is 12.1. The van der Waals surface area contributed by atoms with Gasteiger partial charge in [0, 0.05) is 6.54 Å². The van der Waals surface area contributed by atoms with Crippen molar-refractivity contribution in [2.45, 2.75) is 19.4 Å². The Bertz CT molecular complexity index is 467. The molecule has 0 bridgehead atoms. The average molecular weight is 253 g/mol. The van der Waals surface area contributed by atoms with Gasteiger partial charge in [-0.2, -0.15) is 0 Å². The molecule has 0 spiro atoms. The van der Waals surface area contributed by atoms with E-state index in [1.54, 1.807) is 0 Å². The summed E-state index contributed by atoms with van der Waals surface area (Å²) in [7, 11) is 0. The molecule has 6 heteroatoms. The number of likely N-dealkylation sites (tertiary alicyclic amines) is 1. The third-order valence-electron chi connectivity index (χ3n) is 3.36. The maximum Gasteiger partial charge on any atom is 0.371 e. The first-order valence-corrected chi connectivity index (χ1v) is 5.79. The fraction of sp³-hybridized carbons (Fsp3) is 0.500. The lowest BCUT2D eigenvalue weighted by Crippen LogP contribution is -2.39. The van der Waals surface area contributed by atoms with E-state index in [9.17, 15) is 14.7 Å². The van der Waals surface area contributed by atoms with Crippen LogP contribution < -0.4 is 0 Å². The zero-order valence-electron chi connectivity index (χ0n) is 10.00. The van der Waals surface area contributed by atoms with Crippen LogP contribution in [-0.2, 0) is 0 Å². The van der Waals surface area contributed by atoms with Crippen molar-refractivity contribution in [1.82, 2.24) is 4.90 Å². The van der Waals surface area contributed by atoms with E-state index in [0.29, 0.717) is 6.54 Å². The number of carbonyl (C=O) groups is 2. The minimum absolute atomic E-state index is 0.0000463. The largest absolute Gasteiger partial charge is 0.475 e. The van der Waals surface area contributed by atoms with Crippen molar-refractivity contribution in [2.75, 3.05) is 13.2 Å². The molecule has 1 aromatic rings. The molecular formula is C12H15NO5. The number of carboxylic acids is 1. The Morgan fingerprint density at radius 2 is 2.11 bits per heavy atom. The highest BCUT2D eigenvalue weighted by Crippen LogP contribution is 2.25. The van der Waals surface area contributed by atoms with Crippen LogP contribution in [0.3, 0.4) is 0 Å². The number of aromatic carboxylic acids is 1. The van der Waals surface area contributed by atoms with Gasteiger partial charge >= 0.3 is 5.97 Å². The SMILES string of the molecule is CC1CCN(C(=O)c2ccc(C(=O)O)o2)C1CO. The smallest absolute Gasteiger partial charge is 0.371 e. The summed E-state index contributed by atoms with van der Waals surface area (Å²) in [4.78, 5) is 24.3. The summed E-state index contributed by atoms with van der Waals surface area (Å²) in [6.45, 7) is 2.42. The lowest BCUT2D eigenvalue weighted by molar-refractivity contribution is 0.0600. The van der Waals surface area contributed by atoms with Gasteiger partial charge in [0.25, 0.3) is 5.91 Å². The van der Waals surface area contributed by atoms with Gasteiger partial charge in [0.1, 0.15) is 0 Å². The summed E-state index contributed by atoms with van der Waals surface area (Å²) in [6, 6.07) is 2.38. The second kappa shape index (κ2) is 4.81. The van der Waals surface area contributed by atoms with E-state index in [1.807, 2.05) is 6.92 Å². The van der Waals surface area contributed by atoms with Crippen molar-refractivity contribution in [3.05, 3.63) is 23.7 Å². The summed E-state index contributed by atoms with van der Waals surface area (Å²) in [5, 5.41) is 18.0. The Hall–Kier alpha value is -1.82. The molecule has 1 saturated heterocycles. The monoisotopic (exact) mass is 253 g/mol. The van der Waals surface area contributed by atoms with E-state index < -0.39 is 5.97 Å². The molecule has 2 heterocycles. The maximum absolute atomic E-state index is 12.1. The highest BCUT2D eigenvalue weighted by Gasteiger charge is 2.35. The predicted octanol–water partition coefficient (Wildman–Crippen LogP) is 0.821. The first kappa shape index (κ1) is 12.6. The molecule has 0 aliphatic carbocycles. The van der Waals surface area contributed by atoms with Crippen LogP contribution in [-0.4, -0.2) is 46.2 Å². The zero-order valence-corrected chi connectivity index (χ0v) is 10.00. The molecule has 0 saturated carbocycles. The Kier molecular flexibility index (Phi) is 3.38. The molecule has 1 aromatic heterocycles. The van der Waals surface area contributed by atoms with E-state index in [1.165, 1.54) is 17.0 Å². The van der Waals surface area contributed by atoms with Crippen molar-refractivity contribution in [2.24, 2.45) is 5.92 Å². The molecule has 1 aliphatic rings. The molecule has 1 amide bonds. The van der Waals surface area contributed by atoms with Crippen LogP contribution >= 0.6 is 0 Å². The molecule has 98 valence electrons. The molecular weight excluding hydrogens is 238 g/mol. The zero-order chi connectivity index (χ0) is 13.3. The minimum atomic E-state index is -1.21. The Morgan fingerprint density at radius 3 is 2.67 bits per heavy atom. The number of hydrogen-bond acceptors (Lipinski definition) is 4. The van der Waals surface area contributed by atoms with Gasteiger partial charge in [-0.15, -0.1) is 0 Å². The average Bonchev–Trinajstić information content (AvgIpc) is 2.94. The topological polar surface area (TPSA) is 91.0 Å². The standard InChI is InChI=1S/C12H15NO5/c1-7-4-5-13(8(7)6-14)11(15)9-2-3-10(18-9)12(16)17/h2-3,7-8,14H,4-6H2,1H3,(H,16,17). The van der Waals surface area contributed by atoms with Gasteiger partial charge < -0.3 is 19.5 Å². The van der Waals surface area contributed by atoms with Gasteiger partial charge in [0.05, 0.1) is 12.6 Å². The highest BCUT2D eigenvalue weighted by atomic mass is 16.4. The summed E-state index contributed by atoms with van der Waals surface area (Å²) >= 11 is 0. The van der Waals surface area contributed by atoms with Crippen LogP contribution in [0.1, 0.15) is 34.5 Å². The Balaban J connectivity index is 2.18. The summed E-state index contributed by atoms with van der Waals surface area (Å²) in [5.74, 6) is -1.60. The number of hydrogen-bond donors (Lipinski definition) is 2. The van der Waals surface area contributed by atoms with Crippen LogP contribution in [0.5, 0.6) is 0 Å². The number of furan rings is 1. The molecule has 18 heavy (non-hydrogen) atoms. The van der Waals surface area contributed by atoms with Gasteiger partial charge in [-0.25, -0.2) is 4.79 Å². The fourth-order valence-electron chi connectivity index (χ4n) is 2.25. The number of amides is 1. The van der Waals surface area contributed by atoms with Crippen molar-refractivity contribution < 1.29 is 24.2 Å². The first-order valence-electron chi connectivity index (χ1n) is 5.79. The first-order chi connectivity index (χ1) is 8.54. The highest BCUT2D eigenvalue weighted by molar-refractivity contribution is 5.93.